The van der Waals surface area contributed by atoms with Crippen LogP contribution < -0.4 is 15.4 Å². The molecular weight excluding hydrogens is 373 g/mol. The number of nitrogens with zero attached hydrogens (tertiary/aromatic N) is 3. The van der Waals surface area contributed by atoms with Gasteiger partial charge in [-0.3, -0.25) is 14.5 Å². The molecule has 3 N–H and O–H groups in total. The molecule has 0 saturated carbocycles. The van der Waals surface area contributed by atoms with Crippen molar-refractivity contribution < 1.29 is 15.3 Å². The van der Waals surface area contributed by atoms with Crippen molar-refractivity contribution >= 4 is 17.2 Å². The topological polar surface area (TPSA) is 89.4 Å². The summed E-state index contributed by atoms with van der Waals surface area (Å²) >= 11 is 0. The van der Waals surface area contributed by atoms with Crippen molar-refractivity contribution in [2.45, 2.75) is 26.9 Å². The maximum absolute atomic E-state index is 12.9. The number of nitrogens with two attached hydrogens (primary N) is 1. The molecule has 1 aliphatic heterocycles. The number of hydrogen-bond acceptors (Lipinski definition) is 6. The first-order valence-electron chi connectivity index (χ1n) is 9.42. The highest BCUT2D eigenvalue weighted by Crippen LogP contribution is 2.27. The van der Waals surface area contributed by atoms with Gasteiger partial charge in [0, 0.05) is 51.9 Å². The number of aryl methyl sites for hydroxylation is 1. The second kappa shape index (κ2) is 9.73. The number of halogens is 1. The van der Waals surface area contributed by atoms with Crippen molar-refractivity contribution in [1.82, 2.24) is 9.78 Å². The van der Waals surface area contributed by atoms with Gasteiger partial charge in [0.05, 0.1) is 24.7 Å². The highest BCUT2D eigenvalue weighted by Gasteiger charge is 2.25. The normalized spacial score (nSPS) is 17.1. The number of hydrogen-bond donors (Lipinski definition) is 2. The van der Waals surface area contributed by atoms with E-state index < -0.39 is 0 Å². The predicted molar refractivity (Wildman–Crippen MR) is 117 cm³/mol. The average molecular weight is 408 g/mol. The second-order valence-corrected chi connectivity index (χ2v) is 7.27. The molecule has 0 aliphatic carbocycles. The van der Waals surface area contributed by atoms with Crippen LogP contribution >= 0.6 is 0 Å². The number of methoxy groups -OCH3 is 1. The maximum Gasteiger partial charge on any atom is 0.151 e. The van der Waals surface area contributed by atoms with Gasteiger partial charge in [-0.15, -0.1) is 0 Å². The molecule has 1 aromatic heterocycles. The molecule has 1 aromatic carbocycles. The van der Waals surface area contributed by atoms with E-state index >= 15 is 0 Å². The van der Waals surface area contributed by atoms with Crippen LogP contribution in [0.25, 0.3) is 0 Å². The molecule has 1 saturated heterocycles. The van der Waals surface area contributed by atoms with Crippen LogP contribution in [0.4, 0.5) is 15.9 Å². The highest BCUT2D eigenvalue weighted by molar-refractivity contribution is 6.13. The summed E-state index contributed by atoms with van der Waals surface area (Å²) in [6.07, 6.45) is 0.712. The SMILES string of the molecule is C.COC[C@H](C)Oc1ccc(N)c(C(=N)c2cc(N3CC[C@@H](CF)C3)nn2C)c1.[HH]. The van der Waals surface area contributed by atoms with Crippen LogP contribution in [-0.2, 0) is 11.8 Å². The number of benzene rings is 1. The summed E-state index contributed by atoms with van der Waals surface area (Å²) in [6.45, 7) is 3.51. The monoisotopic (exact) mass is 407 g/mol. The van der Waals surface area contributed by atoms with E-state index in [-0.39, 0.29) is 33.3 Å². The third-order valence-corrected chi connectivity index (χ3v) is 4.98. The van der Waals surface area contributed by atoms with Gasteiger partial charge in [0.25, 0.3) is 0 Å². The summed E-state index contributed by atoms with van der Waals surface area (Å²) in [7, 11) is 3.42. The highest BCUT2D eigenvalue weighted by atomic mass is 19.1. The van der Waals surface area contributed by atoms with E-state index in [0.717, 1.165) is 18.8 Å². The molecule has 2 aromatic rings. The number of ether oxygens (including phenoxy) is 2. The number of nitrogens with one attached hydrogen (secondary N) is 1. The lowest BCUT2D eigenvalue weighted by Crippen LogP contribution is -2.20. The zero-order chi connectivity index (χ0) is 20.3. The van der Waals surface area contributed by atoms with E-state index in [1.807, 2.05) is 13.0 Å². The standard InChI is InChI=1S/C20H28FN5O2.CH4.H2/c1-13(12-27-3)28-15-4-5-17(22)16(8-15)20(23)18-9-19(24-25(18)2)26-7-6-14(10-21)11-26;;/h4-5,8-9,13-14,23H,6-7,10-12,22H2,1-3H3;1H4;1H/t13-,14-;;/m0../s1. The van der Waals surface area contributed by atoms with Gasteiger partial charge < -0.3 is 20.1 Å². The lowest BCUT2D eigenvalue weighted by atomic mass is 10.0. The minimum atomic E-state index is -0.309. The quantitative estimate of drug-likeness (QED) is 0.516. The van der Waals surface area contributed by atoms with E-state index in [9.17, 15) is 4.39 Å². The Hall–Kier alpha value is -2.61. The van der Waals surface area contributed by atoms with E-state index in [2.05, 4.69) is 10.00 Å². The Bertz CT molecular complexity index is 845. The Kier molecular flexibility index (Phi) is 7.61. The van der Waals surface area contributed by atoms with Crippen LogP contribution in [0.2, 0.25) is 0 Å². The van der Waals surface area contributed by atoms with Crippen molar-refractivity contribution in [3.63, 3.8) is 0 Å². The second-order valence-electron chi connectivity index (χ2n) is 7.27. The fraction of sp³-hybridized carbons (Fsp3) is 0.524. The summed E-state index contributed by atoms with van der Waals surface area (Å²) in [4.78, 5) is 2.07. The van der Waals surface area contributed by atoms with Gasteiger partial charge in [-0.25, -0.2) is 0 Å². The Morgan fingerprint density at radius 3 is 2.86 bits per heavy atom. The number of alkyl halides is 1. The lowest BCUT2D eigenvalue weighted by Gasteiger charge is -2.16. The summed E-state index contributed by atoms with van der Waals surface area (Å²) in [5.41, 5.74) is 8.13. The molecule has 0 amide bonds. The fourth-order valence-electron chi connectivity index (χ4n) is 3.47. The fourth-order valence-corrected chi connectivity index (χ4v) is 3.47. The first-order chi connectivity index (χ1) is 13.4. The summed E-state index contributed by atoms with van der Waals surface area (Å²) in [5, 5.41) is 13.2. The van der Waals surface area contributed by atoms with Crippen LogP contribution in [0.15, 0.2) is 24.3 Å². The Morgan fingerprint density at radius 2 is 2.21 bits per heavy atom. The Balaban J connectivity index is 0.00000225. The summed E-state index contributed by atoms with van der Waals surface area (Å²) in [6, 6.07) is 7.16. The maximum atomic E-state index is 12.9. The number of rotatable bonds is 8. The molecule has 1 fully saturated rings. The Labute approximate surface area is 173 Å². The number of aromatic nitrogens is 2. The van der Waals surface area contributed by atoms with Crippen LogP contribution in [-0.4, -0.2) is 55.1 Å². The minimum Gasteiger partial charge on any atom is -0.488 e. The molecule has 0 spiro atoms. The smallest absolute Gasteiger partial charge is 0.151 e. The third-order valence-electron chi connectivity index (χ3n) is 4.98. The van der Waals surface area contributed by atoms with Gasteiger partial charge in [-0.05, 0) is 31.5 Å². The van der Waals surface area contributed by atoms with E-state index in [1.54, 1.807) is 37.0 Å². The zero-order valence-corrected chi connectivity index (χ0v) is 16.6. The molecule has 0 unspecified atom stereocenters. The molecular formula is C21H34FN5O2. The number of anilines is 2. The molecule has 2 atom stereocenters. The van der Waals surface area contributed by atoms with Gasteiger partial charge in [0.2, 0.25) is 0 Å². The Morgan fingerprint density at radius 1 is 1.45 bits per heavy atom. The van der Waals surface area contributed by atoms with Crippen molar-refractivity contribution in [2.75, 3.05) is 44.1 Å². The first-order valence-corrected chi connectivity index (χ1v) is 9.42. The van der Waals surface area contributed by atoms with Gasteiger partial charge in [0.1, 0.15) is 11.9 Å². The third kappa shape index (κ3) is 5.06. The van der Waals surface area contributed by atoms with Gasteiger partial charge in [-0.1, -0.05) is 7.43 Å². The van der Waals surface area contributed by atoms with Crippen molar-refractivity contribution in [3.05, 3.63) is 35.5 Å². The zero-order valence-electron chi connectivity index (χ0n) is 16.6. The minimum absolute atomic E-state index is 0. The van der Waals surface area contributed by atoms with Crippen molar-refractivity contribution in [3.8, 4) is 5.75 Å². The van der Waals surface area contributed by atoms with Crippen LogP contribution in [0, 0.1) is 11.3 Å². The first kappa shape index (κ1) is 22.7. The predicted octanol–water partition coefficient (Wildman–Crippen LogP) is 3.51. The summed E-state index contributed by atoms with van der Waals surface area (Å²) in [5.74, 6) is 1.45. The molecule has 0 bridgehead atoms. The van der Waals surface area contributed by atoms with Crippen LogP contribution in [0.1, 0.15) is 33.5 Å². The molecule has 29 heavy (non-hydrogen) atoms. The lowest BCUT2D eigenvalue weighted by molar-refractivity contribution is 0.0921. The van der Waals surface area contributed by atoms with E-state index in [4.69, 9.17) is 20.6 Å². The van der Waals surface area contributed by atoms with Gasteiger partial charge >= 0.3 is 0 Å². The average Bonchev–Trinajstić information content (AvgIpc) is 3.29. The number of nitrogen functional groups attached to an aromatic ring is 1. The molecule has 3 rings (SSSR count). The van der Waals surface area contributed by atoms with Crippen molar-refractivity contribution in [2.24, 2.45) is 13.0 Å². The molecule has 0 radical (unpaired) electrons. The molecule has 7 nitrogen and oxygen atoms in total. The van der Waals surface area contributed by atoms with Crippen LogP contribution in [0.3, 0.4) is 0 Å². The van der Waals surface area contributed by atoms with E-state index in [0.29, 0.717) is 35.8 Å². The molecule has 8 heteroatoms. The van der Waals surface area contributed by atoms with Crippen LogP contribution in [0.5, 0.6) is 5.75 Å². The largest absolute Gasteiger partial charge is 0.488 e. The summed E-state index contributed by atoms with van der Waals surface area (Å²) < 4.78 is 25.5. The van der Waals surface area contributed by atoms with Crippen molar-refractivity contribution in [1.29, 1.82) is 5.41 Å². The molecule has 162 valence electrons. The van der Waals surface area contributed by atoms with Gasteiger partial charge in [0.15, 0.2) is 5.82 Å². The molecule has 2 heterocycles. The molecule has 1 aliphatic rings. The van der Waals surface area contributed by atoms with Gasteiger partial charge in [-0.2, -0.15) is 5.10 Å². The van der Waals surface area contributed by atoms with E-state index in [1.165, 1.54) is 0 Å².